The number of benzene rings is 1. The number of alkyl carbamates (subject to hydrolysis) is 1. The summed E-state index contributed by atoms with van der Waals surface area (Å²) in [6.45, 7) is 2.46. The minimum absolute atomic E-state index is 0.000170. The molecule has 3 saturated heterocycles. The molecule has 2 N–H and O–H groups in total. The van der Waals surface area contributed by atoms with Crippen LogP contribution in [-0.4, -0.2) is 107 Å². The highest BCUT2D eigenvalue weighted by Crippen LogP contribution is 2.56. The third-order valence-electron chi connectivity index (χ3n) is 11.3. The molecule has 12 nitrogen and oxygen atoms in total. The van der Waals surface area contributed by atoms with E-state index in [9.17, 15) is 9.18 Å². The van der Waals surface area contributed by atoms with E-state index in [0.29, 0.717) is 71.6 Å². The first kappa shape index (κ1) is 31.1. The minimum atomic E-state index is -0.921. The Kier molecular flexibility index (Phi) is 7.54. The number of nitrogens with zero attached hydrogens (tertiary/aromatic N) is 6. The molecule has 10 rings (SSSR count). The summed E-state index contributed by atoms with van der Waals surface area (Å²) in [5.41, 5.74) is 1.74. The van der Waals surface area contributed by atoms with Crippen LogP contribution >= 0.6 is 11.6 Å². The number of hydrogen-bond acceptors (Lipinski definition) is 10. The summed E-state index contributed by atoms with van der Waals surface area (Å²) in [5, 5.41) is 11.8. The largest absolute Gasteiger partial charge is 0.461 e. The normalized spacial score (nSPS) is 29.8. The van der Waals surface area contributed by atoms with Crippen molar-refractivity contribution in [3.05, 3.63) is 34.9 Å². The van der Waals surface area contributed by atoms with Gasteiger partial charge in [-0.2, -0.15) is 15.1 Å². The predicted octanol–water partition coefficient (Wildman–Crippen LogP) is 5.14. The van der Waals surface area contributed by atoms with Crippen molar-refractivity contribution in [2.45, 2.75) is 68.3 Å². The minimum Gasteiger partial charge on any atom is -0.461 e. The zero-order chi connectivity index (χ0) is 33.4. The van der Waals surface area contributed by atoms with Gasteiger partial charge in [-0.3, -0.25) is 15.0 Å². The van der Waals surface area contributed by atoms with Crippen molar-refractivity contribution < 1.29 is 27.8 Å². The fourth-order valence-electron chi connectivity index (χ4n) is 8.80. The van der Waals surface area contributed by atoms with Crippen molar-refractivity contribution in [1.29, 1.82) is 0 Å². The lowest BCUT2D eigenvalue weighted by Gasteiger charge is -2.38. The van der Waals surface area contributed by atoms with E-state index in [1.165, 1.54) is 0 Å². The van der Waals surface area contributed by atoms with E-state index in [1.54, 1.807) is 19.5 Å². The zero-order valence-corrected chi connectivity index (χ0v) is 27.8. The highest BCUT2D eigenvalue weighted by Gasteiger charge is 2.49. The maximum Gasteiger partial charge on any atom is 0.407 e. The molecule has 8 heterocycles. The van der Waals surface area contributed by atoms with E-state index < -0.39 is 29.7 Å². The van der Waals surface area contributed by atoms with Crippen LogP contribution in [0.4, 0.5) is 19.4 Å². The molecule has 1 aliphatic carbocycles. The van der Waals surface area contributed by atoms with E-state index in [0.717, 1.165) is 31.4 Å². The van der Waals surface area contributed by atoms with Crippen molar-refractivity contribution in [2.75, 3.05) is 51.4 Å². The Morgan fingerprint density at radius 1 is 1.18 bits per heavy atom. The second-order valence-corrected chi connectivity index (χ2v) is 14.5. The number of rotatable bonds is 4. The lowest BCUT2D eigenvalue weighted by Crippen LogP contribution is -2.56. The molecule has 1 amide bonds. The Morgan fingerprint density at radius 2 is 2.08 bits per heavy atom. The fourth-order valence-corrected chi connectivity index (χ4v) is 9.14. The third-order valence-corrected chi connectivity index (χ3v) is 11.6. The molecule has 49 heavy (non-hydrogen) atoms. The highest BCUT2D eigenvalue weighted by molar-refractivity contribution is 6.33. The molecule has 1 saturated carbocycles. The monoisotopic (exact) mass is 694 g/mol. The van der Waals surface area contributed by atoms with Gasteiger partial charge in [-0.15, -0.1) is 0 Å². The maximum absolute atomic E-state index is 17.2. The van der Waals surface area contributed by atoms with Gasteiger partial charge in [-0.05, 0) is 62.1 Å². The van der Waals surface area contributed by atoms with Gasteiger partial charge in [0.1, 0.15) is 29.8 Å². The van der Waals surface area contributed by atoms with Crippen LogP contribution in [0.15, 0.2) is 18.5 Å². The van der Waals surface area contributed by atoms with Crippen LogP contribution in [0.25, 0.3) is 33.1 Å². The standard InChI is InChI=1S/C34H37ClF2N8O4/c1-47-25-3-7-44-15-24(25)40-33(46)48-8-4-17-9-19(17)26-22(35)10-23-20(13-39-43-23)27(26)30-28(37)29-21(12-38-30)31(44)42-32(41-29)49-16-34-5-2-6-45(34)14-18(36)11-34/h10,12-13,17-19,24-25H,2-9,11,14-16H2,1H3,(H,39,43)(H,40,46)/t17-,18+,19+,24-,25+,34-/m0/s1. The molecule has 3 aromatic heterocycles. The Morgan fingerprint density at radius 3 is 2.96 bits per heavy atom. The number of hydrogen-bond donors (Lipinski definition) is 2. The summed E-state index contributed by atoms with van der Waals surface area (Å²) in [6, 6.07) is 1.39. The van der Waals surface area contributed by atoms with E-state index in [4.69, 9.17) is 35.8 Å². The second-order valence-electron chi connectivity index (χ2n) is 14.1. The summed E-state index contributed by atoms with van der Waals surface area (Å²) in [6.07, 6.45) is 5.72. The molecular weight excluding hydrogens is 658 g/mol. The van der Waals surface area contributed by atoms with Gasteiger partial charge in [0.2, 0.25) is 0 Å². The van der Waals surface area contributed by atoms with Crippen molar-refractivity contribution in [1.82, 2.24) is 35.4 Å². The van der Waals surface area contributed by atoms with Gasteiger partial charge < -0.3 is 24.4 Å². The Bertz CT molecular complexity index is 1960. The average Bonchev–Trinajstić information content (AvgIpc) is 3.34. The number of methoxy groups -OCH3 is 1. The van der Waals surface area contributed by atoms with Crippen molar-refractivity contribution in [2.24, 2.45) is 5.92 Å². The molecule has 6 atom stereocenters. The number of H-pyrrole nitrogens is 1. The van der Waals surface area contributed by atoms with Crippen LogP contribution in [0.2, 0.25) is 5.02 Å². The topological polar surface area (TPSA) is 131 Å². The number of anilines is 1. The number of aromatic nitrogens is 5. The van der Waals surface area contributed by atoms with Gasteiger partial charge in [0, 0.05) is 55.3 Å². The van der Waals surface area contributed by atoms with Gasteiger partial charge >= 0.3 is 12.1 Å². The summed E-state index contributed by atoms with van der Waals surface area (Å²) < 4.78 is 49.5. The number of carbonyl (C=O) groups excluding carboxylic acids is 1. The molecule has 0 unspecified atom stereocenters. The van der Waals surface area contributed by atoms with Gasteiger partial charge in [0.25, 0.3) is 0 Å². The molecule has 6 bridgehead atoms. The lowest BCUT2D eigenvalue weighted by molar-refractivity contribution is 0.0502. The first-order valence-corrected chi connectivity index (χ1v) is 17.4. The second kappa shape index (κ2) is 11.9. The summed E-state index contributed by atoms with van der Waals surface area (Å²) >= 11 is 6.93. The van der Waals surface area contributed by atoms with Gasteiger partial charge in [0.05, 0.1) is 41.4 Å². The fraction of sp³-hybridized carbons (Fsp3) is 0.559. The average molecular weight is 695 g/mol. The lowest BCUT2D eigenvalue weighted by atomic mass is 9.94. The van der Waals surface area contributed by atoms with Crippen LogP contribution < -0.4 is 15.0 Å². The summed E-state index contributed by atoms with van der Waals surface area (Å²) in [5.74, 6) is 0.00865. The number of pyridine rings is 1. The van der Waals surface area contributed by atoms with E-state index in [1.807, 2.05) is 11.0 Å². The molecule has 0 spiro atoms. The van der Waals surface area contributed by atoms with E-state index in [-0.39, 0.29) is 48.4 Å². The third kappa shape index (κ3) is 5.25. The van der Waals surface area contributed by atoms with Crippen LogP contribution in [-0.2, 0) is 9.47 Å². The quantitative estimate of drug-likeness (QED) is 0.296. The number of nitrogens with one attached hydrogen (secondary N) is 2. The first-order chi connectivity index (χ1) is 23.8. The molecule has 1 aromatic carbocycles. The number of carbonyl (C=O) groups is 1. The number of alkyl halides is 1. The molecule has 6 aliphatic rings. The number of ether oxygens (including phenoxy) is 3. The first-order valence-electron chi connectivity index (χ1n) is 17.1. The van der Waals surface area contributed by atoms with Crippen LogP contribution in [0.3, 0.4) is 0 Å². The zero-order valence-electron chi connectivity index (χ0n) is 27.1. The van der Waals surface area contributed by atoms with E-state index >= 15 is 4.39 Å². The Balaban J connectivity index is 1.21. The Hall–Kier alpha value is -3.88. The van der Waals surface area contributed by atoms with Gasteiger partial charge in [0.15, 0.2) is 5.82 Å². The van der Waals surface area contributed by atoms with E-state index in [2.05, 4.69) is 25.4 Å². The number of piperidine rings is 1. The molecule has 5 aliphatic heterocycles. The van der Waals surface area contributed by atoms with Crippen LogP contribution in [0.1, 0.15) is 50.0 Å². The molecule has 4 fully saturated rings. The number of fused-ring (bicyclic) bond motifs is 7. The smallest absolute Gasteiger partial charge is 0.407 e. The van der Waals surface area contributed by atoms with Gasteiger partial charge in [-0.1, -0.05) is 11.6 Å². The predicted molar refractivity (Wildman–Crippen MR) is 177 cm³/mol. The summed E-state index contributed by atoms with van der Waals surface area (Å²) in [7, 11) is 1.62. The molecule has 4 aromatic rings. The Labute approximate surface area is 285 Å². The van der Waals surface area contributed by atoms with Crippen LogP contribution in [0, 0.1) is 11.7 Å². The molecule has 15 heteroatoms. The summed E-state index contributed by atoms with van der Waals surface area (Å²) in [4.78, 5) is 31.4. The maximum atomic E-state index is 17.2. The van der Waals surface area contributed by atoms with Crippen molar-refractivity contribution in [3.63, 3.8) is 0 Å². The number of amides is 1. The van der Waals surface area contributed by atoms with Crippen molar-refractivity contribution >= 4 is 45.3 Å². The SMILES string of the molecule is CO[C@@H]1CCN2C[C@@H]1NC(=O)OCC[C@H]1C[C@H]1c1c(Cl)cc3[nH]ncc3c1-c1ncc3c2nc(OC[C@@]24CCCN2C[C@H](F)C4)nc3c1F. The molecule has 0 radical (unpaired) electrons. The number of halogens is 3. The van der Waals surface area contributed by atoms with Crippen molar-refractivity contribution in [3.8, 4) is 17.3 Å². The molecule has 258 valence electrons. The number of aromatic amines is 1. The molecular formula is C34H37ClF2N8O4. The van der Waals surface area contributed by atoms with Crippen LogP contribution in [0.5, 0.6) is 6.01 Å². The highest BCUT2D eigenvalue weighted by atomic mass is 35.5. The van der Waals surface area contributed by atoms with Gasteiger partial charge in [-0.25, -0.2) is 13.6 Å².